The topological polar surface area (TPSA) is 81.4 Å². The lowest BCUT2D eigenvalue weighted by Crippen LogP contribution is -2.30. The molecular formula is C23H21N5O2S. The minimum atomic E-state index is -0.695. The number of thioether (sulfide) groups is 1. The van der Waals surface area contributed by atoms with Crippen LogP contribution in [0.3, 0.4) is 0 Å². The average Bonchev–Trinajstić information content (AvgIpc) is 3.40. The molecular weight excluding hydrogens is 410 g/mol. The monoisotopic (exact) mass is 431 g/mol. The summed E-state index contributed by atoms with van der Waals surface area (Å²) in [5, 5.41) is 13.6. The summed E-state index contributed by atoms with van der Waals surface area (Å²) in [7, 11) is 0. The number of nitrogens with zero attached hydrogens (tertiary/aromatic N) is 4. The molecule has 5 rings (SSSR count). The Morgan fingerprint density at radius 2 is 1.84 bits per heavy atom. The van der Waals surface area contributed by atoms with Crippen LogP contribution in [0, 0.1) is 12.8 Å². The molecule has 2 aliphatic rings. The largest absolute Gasteiger partial charge is 0.445 e. The van der Waals surface area contributed by atoms with Gasteiger partial charge in [-0.25, -0.2) is 4.79 Å². The van der Waals surface area contributed by atoms with Gasteiger partial charge < -0.3 is 4.74 Å². The molecule has 0 saturated heterocycles. The van der Waals surface area contributed by atoms with Crippen molar-refractivity contribution in [3.05, 3.63) is 94.9 Å². The number of hydrogen-bond donors (Lipinski definition) is 1. The second-order valence-corrected chi connectivity index (χ2v) is 8.37. The Morgan fingerprint density at radius 3 is 2.61 bits per heavy atom. The molecule has 3 aromatic rings. The number of allylic oxidation sites excluding steroid dienone is 1. The number of amides is 1. The Kier molecular flexibility index (Phi) is 5.30. The number of ether oxygens (including phenoxy) is 1. The molecule has 8 heteroatoms. The van der Waals surface area contributed by atoms with Gasteiger partial charge in [0.15, 0.2) is 12.0 Å². The van der Waals surface area contributed by atoms with Crippen LogP contribution in [0.15, 0.2) is 77.1 Å². The van der Waals surface area contributed by atoms with Crippen molar-refractivity contribution in [2.24, 2.45) is 10.9 Å². The summed E-state index contributed by atoms with van der Waals surface area (Å²) in [5.74, 6) is 1.44. The van der Waals surface area contributed by atoms with E-state index in [9.17, 15) is 4.79 Å². The fraction of sp³-hybridized carbons (Fsp3) is 0.217. The molecule has 7 nitrogen and oxygen atoms in total. The molecule has 0 saturated carbocycles. The number of hydrogen-bond acceptors (Lipinski definition) is 6. The van der Waals surface area contributed by atoms with Crippen LogP contribution in [0.1, 0.15) is 34.3 Å². The molecule has 31 heavy (non-hydrogen) atoms. The molecule has 3 atom stereocenters. The second kappa shape index (κ2) is 8.39. The van der Waals surface area contributed by atoms with Crippen LogP contribution in [-0.2, 0) is 11.3 Å². The lowest BCUT2D eigenvalue weighted by molar-refractivity contribution is 0.135. The fourth-order valence-electron chi connectivity index (χ4n) is 3.86. The first kappa shape index (κ1) is 19.6. The van der Waals surface area contributed by atoms with Gasteiger partial charge in [-0.15, -0.1) is 22.0 Å². The number of aliphatic imine (C=N–C) groups is 1. The SMILES string of the molecule is Cc1nnc2n1C1SC=CC1C(c1ccccc1)=NC2NC(=O)OCc1ccccc1. The van der Waals surface area contributed by atoms with E-state index in [-0.39, 0.29) is 17.9 Å². The molecule has 156 valence electrons. The molecule has 2 aliphatic heterocycles. The number of alkyl carbamates (subject to hydrolysis) is 1. The number of aromatic nitrogens is 3. The Morgan fingerprint density at radius 1 is 1.10 bits per heavy atom. The highest BCUT2D eigenvalue weighted by Crippen LogP contribution is 2.44. The van der Waals surface area contributed by atoms with E-state index >= 15 is 0 Å². The van der Waals surface area contributed by atoms with E-state index in [1.165, 1.54) is 0 Å². The summed E-state index contributed by atoms with van der Waals surface area (Å²) in [6.07, 6.45) is 0.910. The number of carbonyl (C=O) groups excluding carboxylic acids is 1. The van der Waals surface area contributed by atoms with Gasteiger partial charge in [-0.1, -0.05) is 66.7 Å². The predicted octanol–water partition coefficient (Wildman–Crippen LogP) is 4.39. The van der Waals surface area contributed by atoms with Crippen LogP contribution in [-0.4, -0.2) is 26.6 Å². The van der Waals surface area contributed by atoms with Crippen molar-refractivity contribution in [3.8, 4) is 0 Å². The number of nitrogens with one attached hydrogen (secondary N) is 1. The van der Waals surface area contributed by atoms with Crippen LogP contribution in [0.25, 0.3) is 0 Å². The molecule has 0 aliphatic carbocycles. The first-order valence-electron chi connectivity index (χ1n) is 10.0. The van der Waals surface area contributed by atoms with Crippen molar-refractivity contribution in [1.82, 2.24) is 20.1 Å². The van der Waals surface area contributed by atoms with E-state index < -0.39 is 12.3 Å². The minimum absolute atomic E-state index is 0.0491. The number of benzene rings is 2. The van der Waals surface area contributed by atoms with Gasteiger partial charge in [0.1, 0.15) is 12.4 Å². The summed E-state index contributed by atoms with van der Waals surface area (Å²) in [6, 6.07) is 19.6. The molecule has 0 bridgehead atoms. The van der Waals surface area contributed by atoms with Gasteiger partial charge in [0, 0.05) is 0 Å². The number of carbonyl (C=O) groups is 1. The number of fused-ring (bicyclic) bond motifs is 3. The van der Waals surface area contributed by atoms with Crippen LogP contribution < -0.4 is 5.32 Å². The van der Waals surface area contributed by atoms with E-state index in [1.807, 2.05) is 67.6 Å². The Balaban J connectivity index is 1.47. The normalized spacial score (nSPS) is 21.6. The zero-order chi connectivity index (χ0) is 21.2. The van der Waals surface area contributed by atoms with Gasteiger partial charge in [0.25, 0.3) is 0 Å². The maximum Gasteiger partial charge on any atom is 0.409 e. The van der Waals surface area contributed by atoms with Gasteiger partial charge in [-0.3, -0.25) is 14.9 Å². The number of rotatable bonds is 4. The van der Waals surface area contributed by atoms with Gasteiger partial charge in [-0.2, -0.15) is 0 Å². The molecule has 0 radical (unpaired) electrons. The summed E-state index contributed by atoms with van der Waals surface area (Å²) in [5.41, 5.74) is 2.85. The molecule has 1 N–H and O–H groups in total. The van der Waals surface area contributed by atoms with Crippen LogP contribution in [0.4, 0.5) is 4.79 Å². The third-order valence-corrected chi connectivity index (χ3v) is 6.42. The predicted molar refractivity (Wildman–Crippen MR) is 119 cm³/mol. The van der Waals surface area contributed by atoms with E-state index in [1.54, 1.807) is 11.8 Å². The van der Waals surface area contributed by atoms with Crippen molar-refractivity contribution in [2.45, 2.75) is 25.1 Å². The van der Waals surface area contributed by atoms with Gasteiger partial charge in [-0.05, 0) is 23.5 Å². The summed E-state index contributed by atoms with van der Waals surface area (Å²) < 4.78 is 7.50. The first-order valence-corrected chi connectivity index (χ1v) is 11.0. The summed E-state index contributed by atoms with van der Waals surface area (Å²) in [6.45, 7) is 2.11. The van der Waals surface area contributed by atoms with Gasteiger partial charge in [0.05, 0.1) is 17.0 Å². The molecule has 2 aromatic carbocycles. The number of aryl methyl sites for hydroxylation is 1. The van der Waals surface area contributed by atoms with Crippen molar-refractivity contribution < 1.29 is 9.53 Å². The van der Waals surface area contributed by atoms with E-state index in [4.69, 9.17) is 9.73 Å². The summed E-state index contributed by atoms with van der Waals surface area (Å²) in [4.78, 5) is 17.6. The van der Waals surface area contributed by atoms with E-state index in [0.717, 1.165) is 22.7 Å². The molecule has 1 aromatic heterocycles. The first-order chi connectivity index (χ1) is 15.2. The zero-order valence-corrected chi connectivity index (χ0v) is 17.7. The van der Waals surface area contributed by atoms with Crippen molar-refractivity contribution in [1.29, 1.82) is 0 Å². The smallest absolute Gasteiger partial charge is 0.409 e. The lowest BCUT2D eigenvalue weighted by atomic mass is 9.96. The molecule has 1 amide bonds. The minimum Gasteiger partial charge on any atom is -0.445 e. The summed E-state index contributed by atoms with van der Waals surface area (Å²) >= 11 is 1.71. The van der Waals surface area contributed by atoms with Crippen molar-refractivity contribution >= 4 is 23.6 Å². The van der Waals surface area contributed by atoms with Crippen LogP contribution >= 0.6 is 11.8 Å². The van der Waals surface area contributed by atoms with Crippen LogP contribution in [0.5, 0.6) is 0 Å². The van der Waals surface area contributed by atoms with E-state index in [0.29, 0.717) is 5.82 Å². The van der Waals surface area contributed by atoms with Crippen LogP contribution in [0.2, 0.25) is 0 Å². The molecule has 0 fully saturated rings. The Hall–Kier alpha value is -3.39. The van der Waals surface area contributed by atoms with Gasteiger partial charge in [0.2, 0.25) is 0 Å². The second-order valence-electron chi connectivity index (χ2n) is 7.35. The molecule has 0 spiro atoms. The highest BCUT2D eigenvalue weighted by Gasteiger charge is 2.38. The fourth-order valence-corrected chi connectivity index (χ4v) is 5.05. The quantitative estimate of drug-likeness (QED) is 0.663. The third-order valence-electron chi connectivity index (χ3n) is 5.32. The maximum absolute atomic E-state index is 12.6. The van der Waals surface area contributed by atoms with E-state index in [2.05, 4.69) is 31.6 Å². The third kappa shape index (κ3) is 3.86. The Bertz CT molecular complexity index is 1140. The Labute approximate surface area is 184 Å². The van der Waals surface area contributed by atoms with Gasteiger partial charge >= 0.3 is 6.09 Å². The molecule has 3 unspecified atom stereocenters. The average molecular weight is 432 g/mol. The molecule has 3 heterocycles. The van der Waals surface area contributed by atoms with Crippen molar-refractivity contribution in [2.75, 3.05) is 0 Å². The standard InChI is InChI=1S/C23H21N5O2S/c1-15-26-27-21-20(25-23(29)30-14-16-8-4-2-5-9-16)24-19(17-10-6-3-7-11-17)18-12-13-31-22(18)28(15)21/h2-13,18,20,22H,14H2,1H3,(H,25,29). The zero-order valence-electron chi connectivity index (χ0n) is 16.9. The maximum atomic E-state index is 12.6. The lowest BCUT2D eigenvalue weighted by Gasteiger charge is -2.21. The van der Waals surface area contributed by atoms with Crippen molar-refractivity contribution in [3.63, 3.8) is 0 Å². The highest BCUT2D eigenvalue weighted by molar-refractivity contribution is 8.02. The highest BCUT2D eigenvalue weighted by atomic mass is 32.2.